The van der Waals surface area contributed by atoms with Crippen LogP contribution < -0.4 is 10.6 Å². The Morgan fingerprint density at radius 3 is 2.77 bits per heavy atom. The van der Waals surface area contributed by atoms with Crippen molar-refractivity contribution in [3.05, 3.63) is 27.3 Å². The summed E-state index contributed by atoms with van der Waals surface area (Å²) < 4.78 is 1.33. The fraction of sp³-hybridized carbons (Fsp3) is 0.400. The van der Waals surface area contributed by atoms with E-state index in [0.717, 1.165) is 13.1 Å². The first-order chi connectivity index (χ1) is 6.25. The Labute approximate surface area is 92.2 Å². The number of nitrogens with one attached hydrogen (secondary N) is 2. The van der Waals surface area contributed by atoms with Crippen molar-refractivity contribution in [2.75, 3.05) is 18.4 Å². The van der Waals surface area contributed by atoms with Crippen LogP contribution in [0.15, 0.2) is 18.2 Å². The van der Waals surface area contributed by atoms with Crippen LogP contribution in [0.2, 0.25) is 0 Å². The quantitative estimate of drug-likeness (QED) is 0.813. The van der Waals surface area contributed by atoms with Crippen LogP contribution in [-0.2, 0) is 0 Å². The molecule has 0 aromatic heterocycles. The molecule has 70 valence electrons. The van der Waals surface area contributed by atoms with Crippen LogP contribution in [0.25, 0.3) is 0 Å². The molecule has 1 aromatic rings. The number of hydrogen-bond acceptors (Lipinski definition) is 2. The second-order valence-electron chi connectivity index (χ2n) is 3.46. The maximum absolute atomic E-state index is 3.48. The normalized spacial score (nSPS) is 16.8. The van der Waals surface area contributed by atoms with Crippen LogP contribution in [-0.4, -0.2) is 19.1 Å². The second-order valence-corrected chi connectivity index (χ2v) is 4.63. The first-order valence-electron chi connectivity index (χ1n) is 4.49. The molecule has 1 aliphatic heterocycles. The van der Waals surface area contributed by atoms with Gasteiger partial charge in [-0.1, -0.05) is 6.07 Å². The van der Waals surface area contributed by atoms with Gasteiger partial charge in [0.2, 0.25) is 0 Å². The third-order valence-electron chi connectivity index (χ3n) is 2.32. The van der Waals surface area contributed by atoms with Crippen LogP contribution in [0, 0.1) is 10.5 Å². The van der Waals surface area contributed by atoms with Crippen molar-refractivity contribution >= 4 is 28.3 Å². The van der Waals surface area contributed by atoms with Gasteiger partial charge in [-0.2, -0.15) is 0 Å². The summed E-state index contributed by atoms with van der Waals surface area (Å²) in [6.45, 7) is 4.31. The van der Waals surface area contributed by atoms with Gasteiger partial charge in [-0.15, -0.1) is 0 Å². The molecule has 2 N–H and O–H groups in total. The van der Waals surface area contributed by atoms with E-state index in [2.05, 4.69) is 58.3 Å². The van der Waals surface area contributed by atoms with E-state index in [1.165, 1.54) is 14.8 Å². The lowest BCUT2D eigenvalue weighted by atomic mass is 10.1. The lowest BCUT2D eigenvalue weighted by molar-refractivity contribution is 0.472. The summed E-state index contributed by atoms with van der Waals surface area (Å²) in [4.78, 5) is 0. The van der Waals surface area contributed by atoms with Gasteiger partial charge in [0.15, 0.2) is 0 Å². The van der Waals surface area contributed by atoms with Crippen molar-refractivity contribution in [1.82, 2.24) is 5.32 Å². The van der Waals surface area contributed by atoms with Gasteiger partial charge in [0.05, 0.1) is 6.04 Å². The molecule has 1 aliphatic rings. The molecule has 1 aromatic carbocycles. The van der Waals surface area contributed by atoms with Gasteiger partial charge in [0.1, 0.15) is 0 Å². The van der Waals surface area contributed by atoms with Gasteiger partial charge in [-0.3, -0.25) is 0 Å². The molecule has 13 heavy (non-hydrogen) atoms. The standard InChI is InChI=1S/C10H13IN2/c1-7-2-3-8(4-10(7)11)13-9-5-12-6-9/h2-4,9,12-13H,5-6H2,1H3. The van der Waals surface area contributed by atoms with E-state index in [1.54, 1.807) is 0 Å². The van der Waals surface area contributed by atoms with Gasteiger partial charge < -0.3 is 10.6 Å². The highest BCUT2D eigenvalue weighted by molar-refractivity contribution is 14.1. The van der Waals surface area contributed by atoms with Gasteiger partial charge in [0.25, 0.3) is 0 Å². The molecule has 3 heteroatoms. The summed E-state index contributed by atoms with van der Waals surface area (Å²) in [6, 6.07) is 7.14. The molecular formula is C10H13IN2. The lowest BCUT2D eigenvalue weighted by Crippen LogP contribution is -2.51. The molecule has 2 nitrogen and oxygen atoms in total. The van der Waals surface area contributed by atoms with E-state index in [9.17, 15) is 0 Å². The maximum atomic E-state index is 3.48. The Hall–Kier alpha value is -0.290. The molecule has 0 unspecified atom stereocenters. The SMILES string of the molecule is Cc1ccc(NC2CNC2)cc1I. The Morgan fingerprint density at radius 1 is 1.46 bits per heavy atom. The fourth-order valence-corrected chi connectivity index (χ4v) is 1.82. The van der Waals surface area contributed by atoms with Crippen molar-refractivity contribution in [2.24, 2.45) is 0 Å². The van der Waals surface area contributed by atoms with E-state index in [-0.39, 0.29) is 0 Å². The maximum Gasteiger partial charge on any atom is 0.0510 e. The molecule has 0 aliphatic carbocycles. The van der Waals surface area contributed by atoms with Crippen molar-refractivity contribution in [3.8, 4) is 0 Å². The Balaban J connectivity index is 2.07. The molecule has 0 saturated carbocycles. The molecule has 0 radical (unpaired) electrons. The van der Waals surface area contributed by atoms with Crippen LogP contribution in [0.3, 0.4) is 0 Å². The van der Waals surface area contributed by atoms with Crippen molar-refractivity contribution in [3.63, 3.8) is 0 Å². The van der Waals surface area contributed by atoms with Gasteiger partial charge >= 0.3 is 0 Å². The zero-order valence-corrected chi connectivity index (χ0v) is 9.76. The van der Waals surface area contributed by atoms with Crippen molar-refractivity contribution in [2.45, 2.75) is 13.0 Å². The van der Waals surface area contributed by atoms with Gasteiger partial charge in [0, 0.05) is 22.3 Å². The molecule has 0 amide bonds. The fourth-order valence-electron chi connectivity index (χ4n) is 1.31. The minimum atomic E-state index is 0.624. The third-order valence-corrected chi connectivity index (χ3v) is 3.49. The van der Waals surface area contributed by atoms with Crippen molar-refractivity contribution in [1.29, 1.82) is 0 Å². The number of aryl methyl sites for hydroxylation is 1. The lowest BCUT2D eigenvalue weighted by Gasteiger charge is -2.29. The smallest absolute Gasteiger partial charge is 0.0510 e. The van der Waals surface area contributed by atoms with Crippen LogP contribution in [0.1, 0.15) is 5.56 Å². The number of rotatable bonds is 2. The summed E-state index contributed by atoms with van der Waals surface area (Å²) in [6.07, 6.45) is 0. The average molecular weight is 288 g/mol. The zero-order chi connectivity index (χ0) is 9.26. The summed E-state index contributed by atoms with van der Waals surface area (Å²) >= 11 is 2.37. The Morgan fingerprint density at radius 2 is 2.23 bits per heavy atom. The predicted molar refractivity (Wildman–Crippen MR) is 64.2 cm³/mol. The molecule has 0 bridgehead atoms. The van der Waals surface area contributed by atoms with E-state index in [0.29, 0.717) is 6.04 Å². The number of hydrogen-bond donors (Lipinski definition) is 2. The molecular weight excluding hydrogens is 275 g/mol. The van der Waals surface area contributed by atoms with E-state index < -0.39 is 0 Å². The molecule has 2 rings (SSSR count). The molecule has 0 spiro atoms. The average Bonchev–Trinajstić information content (AvgIpc) is 2.04. The highest BCUT2D eigenvalue weighted by atomic mass is 127. The number of halogens is 1. The highest BCUT2D eigenvalue weighted by Crippen LogP contribution is 2.18. The van der Waals surface area contributed by atoms with Crippen molar-refractivity contribution < 1.29 is 0 Å². The molecule has 1 fully saturated rings. The summed E-state index contributed by atoms with van der Waals surface area (Å²) in [5.41, 5.74) is 2.58. The summed E-state index contributed by atoms with van der Waals surface area (Å²) in [7, 11) is 0. The third kappa shape index (κ3) is 2.14. The minimum absolute atomic E-state index is 0.624. The van der Waals surface area contributed by atoms with E-state index >= 15 is 0 Å². The number of benzene rings is 1. The summed E-state index contributed by atoms with van der Waals surface area (Å²) in [5.74, 6) is 0. The largest absolute Gasteiger partial charge is 0.380 e. The van der Waals surface area contributed by atoms with Crippen LogP contribution in [0.5, 0.6) is 0 Å². The first kappa shape index (κ1) is 9.27. The second kappa shape index (κ2) is 3.84. The molecule has 1 saturated heterocycles. The zero-order valence-electron chi connectivity index (χ0n) is 7.60. The summed E-state index contributed by atoms with van der Waals surface area (Å²) in [5, 5.41) is 6.72. The highest BCUT2D eigenvalue weighted by Gasteiger charge is 2.15. The first-order valence-corrected chi connectivity index (χ1v) is 5.57. The van der Waals surface area contributed by atoms with Crippen LogP contribution >= 0.6 is 22.6 Å². The van der Waals surface area contributed by atoms with E-state index in [1.807, 2.05) is 0 Å². The van der Waals surface area contributed by atoms with E-state index in [4.69, 9.17) is 0 Å². The van der Waals surface area contributed by atoms with Crippen LogP contribution in [0.4, 0.5) is 5.69 Å². The minimum Gasteiger partial charge on any atom is -0.380 e. The monoisotopic (exact) mass is 288 g/mol. The molecule has 1 heterocycles. The van der Waals surface area contributed by atoms with Gasteiger partial charge in [-0.05, 0) is 47.2 Å². The Kier molecular flexibility index (Phi) is 2.74. The molecule has 0 atom stereocenters. The topological polar surface area (TPSA) is 24.1 Å². The predicted octanol–water partition coefficient (Wildman–Crippen LogP) is 1.98. The number of anilines is 1. The van der Waals surface area contributed by atoms with Gasteiger partial charge in [-0.25, -0.2) is 0 Å². The Bertz CT molecular complexity index is 308.